The van der Waals surface area contributed by atoms with E-state index in [-0.39, 0.29) is 11.7 Å². The Hall–Kier alpha value is -1.43. The second-order valence-corrected chi connectivity index (χ2v) is 5.16. The lowest BCUT2D eigenvalue weighted by Gasteiger charge is -2.09. The minimum absolute atomic E-state index is 0.170. The van der Waals surface area contributed by atoms with Gasteiger partial charge >= 0.3 is 0 Å². The third kappa shape index (κ3) is 2.69. The quantitative estimate of drug-likeness (QED) is 0.712. The van der Waals surface area contributed by atoms with Crippen LogP contribution >= 0.6 is 0 Å². The number of carbonyl (C=O) groups is 1. The predicted octanol–water partition coefficient (Wildman–Crippen LogP) is 0.554. The van der Waals surface area contributed by atoms with Gasteiger partial charge in [0.15, 0.2) is 0 Å². The topological polar surface area (TPSA) is 82.7 Å². The fourth-order valence-corrected chi connectivity index (χ4v) is 2.36. The van der Waals surface area contributed by atoms with Crippen LogP contribution in [0.25, 0.3) is 0 Å². The van der Waals surface area contributed by atoms with Gasteiger partial charge in [-0.1, -0.05) is 0 Å². The molecular weight excluding hydrogens is 230 g/mol. The van der Waals surface area contributed by atoms with Crippen LogP contribution in [0.3, 0.4) is 0 Å². The maximum absolute atomic E-state index is 11.8. The van der Waals surface area contributed by atoms with Crippen LogP contribution < -0.4 is 10.6 Å². The average molecular weight is 249 g/mol. The van der Waals surface area contributed by atoms with Gasteiger partial charge in [0.2, 0.25) is 5.82 Å². The van der Waals surface area contributed by atoms with Crippen molar-refractivity contribution < 1.29 is 4.79 Å². The molecule has 0 bridgehead atoms. The molecule has 2 aliphatic rings. The number of amides is 1. The van der Waals surface area contributed by atoms with Gasteiger partial charge in [-0.3, -0.25) is 9.89 Å². The molecule has 3 N–H and O–H groups in total. The number of aromatic nitrogens is 3. The van der Waals surface area contributed by atoms with Crippen molar-refractivity contribution in [3.05, 3.63) is 11.6 Å². The summed E-state index contributed by atoms with van der Waals surface area (Å²) in [5.41, 5.74) is 0. The summed E-state index contributed by atoms with van der Waals surface area (Å²) in [7, 11) is 0. The summed E-state index contributed by atoms with van der Waals surface area (Å²) in [6.07, 6.45) is 5.74. The van der Waals surface area contributed by atoms with Crippen LogP contribution in [0, 0.1) is 0 Å². The van der Waals surface area contributed by atoms with Crippen LogP contribution in [0.5, 0.6) is 0 Å². The van der Waals surface area contributed by atoms with E-state index < -0.39 is 0 Å². The van der Waals surface area contributed by atoms with E-state index in [2.05, 4.69) is 25.8 Å². The maximum atomic E-state index is 11.8. The Morgan fingerprint density at radius 1 is 1.39 bits per heavy atom. The molecule has 1 aromatic heterocycles. The van der Waals surface area contributed by atoms with E-state index in [0.717, 1.165) is 31.6 Å². The minimum atomic E-state index is -0.170. The van der Waals surface area contributed by atoms with Crippen LogP contribution in [0.15, 0.2) is 0 Å². The van der Waals surface area contributed by atoms with E-state index in [9.17, 15) is 4.79 Å². The summed E-state index contributed by atoms with van der Waals surface area (Å²) in [4.78, 5) is 16.0. The van der Waals surface area contributed by atoms with Crippen molar-refractivity contribution in [2.24, 2.45) is 0 Å². The van der Waals surface area contributed by atoms with Crippen molar-refractivity contribution in [3.63, 3.8) is 0 Å². The van der Waals surface area contributed by atoms with Gasteiger partial charge in [0.1, 0.15) is 5.82 Å². The van der Waals surface area contributed by atoms with Crippen LogP contribution in [0.1, 0.15) is 54.5 Å². The molecule has 2 heterocycles. The van der Waals surface area contributed by atoms with Crippen molar-refractivity contribution in [2.75, 3.05) is 13.1 Å². The van der Waals surface area contributed by atoms with E-state index in [1.54, 1.807) is 0 Å². The van der Waals surface area contributed by atoms with Gasteiger partial charge in [0.05, 0.1) is 0 Å². The number of carbonyl (C=O) groups excluding carboxylic acids is 1. The van der Waals surface area contributed by atoms with Gasteiger partial charge in [0, 0.05) is 18.5 Å². The van der Waals surface area contributed by atoms with Crippen molar-refractivity contribution in [2.45, 2.75) is 44.1 Å². The van der Waals surface area contributed by atoms with Crippen LogP contribution in [0.4, 0.5) is 0 Å². The predicted molar refractivity (Wildman–Crippen MR) is 66.3 cm³/mol. The van der Waals surface area contributed by atoms with Gasteiger partial charge in [-0.2, -0.15) is 0 Å². The van der Waals surface area contributed by atoms with E-state index >= 15 is 0 Å². The van der Waals surface area contributed by atoms with Crippen molar-refractivity contribution in [1.29, 1.82) is 0 Å². The van der Waals surface area contributed by atoms with Gasteiger partial charge < -0.3 is 10.6 Å². The molecule has 18 heavy (non-hydrogen) atoms. The highest BCUT2D eigenvalue weighted by molar-refractivity contribution is 5.90. The van der Waals surface area contributed by atoms with Gasteiger partial charge in [-0.15, -0.1) is 5.10 Å². The summed E-state index contributed by atoms with van der Waals surface area (Å²) >= 11 is 0. The highest BCUT2D eigenvalue weighted by Crippen LogP contribution is 2.37. The molecule has 98 valence electrons. The summed E-state index contributed by atoms with van der Waals surface area (Å²) in [5.74, 6) is 1.46. The number of rotatable bonds is 5. The molecule has 1 aliphatic heterocycles. The molecule has 2 fully saturated rings. The number of hydrogen-bond acceptors (Lipinski definition) is 4. The average Bonchev–Trinajstić information content (AvgIpc) is 2.92. The molecule has 1 saturated heterocycles. The van der Waals surface area contributed by atoms with E-state index in [1.807, 2.05) is 0 Å². The van der Waals surface area contributed by atoms with E-state index in [1.165, 1.54) is 12.8 Å². The van der Waals surface area contributed by atoms with Crippen molar-refractivity contribution in [1.82, 2.24) is 25.8 Å². The van der Waals surface area contributed by atoms with Crippen LogP contribution in [-0.2, 0) is 0 Å². The zero-order valence-electron chi connectivity index (χ0n) is 10.4. The molecule has 1 saturated carbocycles. The second-order valence-electron chi connectivity index (χ2n) is 5.16. The molecule has 0 spiro atoms. The Bertz CT molecular complexity index is 420. The van der Waals surface area contributed by atoms with Crippen LogP contribution in [0.2, 0.25) is 0 Å². The smallest absolute Gasteiger partial charge is 0.290 e. The first-order valence-corrected chi connectivity index (χ1v) is 6.77. The maximum Gasteiger partial charge on any atom is 0.290 e. The molecule has 6 nitrogen and oxygen atoms in total. The molecule has 1 aromatic rings. The summed E-state index contributed by atoms with van der Waals surface area (Å²) < 4.78 is 0. The van der Waals surface area contributed by atoms with E-state index in [0.29, 0.717) is 18.5 Å². The molecule has 6 heteroatoms. The van der Waals surface area contributed by atoms with Crippen LogP contribution in [-0.4, -0.2) is 40.2 Å². The normalized spacial score (nSPS) is 23.2. The van der Waals surface area contributed by atoms with Gasteiger partial charge in [-0.25, -0.2) is 4.98 Å². The SMILES string of the molecule is O=C(NCC[C@H]1CCCN1)c1n[nH]c(C2CC2)n1. The zero-order chi connectivity index (χ0) is 12.4. The van der Waals surface area contributed by atoms with Crippen molar-refractivity contribution >= 4 is 5.91 Å². The first-order chi connectivity index (χ1) is 8.83. The standard InChI is InChI=1S/C12H19N5O/c18-12(14-7-5-9-2-1-6-13-9)11-15-10(16-17-11)8-3-4-8/h8-9,13H,1-7H2,(H,14,18)(H,15,16,17)/t9-/m1/s1. The van der Waals surface area contributed by atoms with Gasteiger partial charge in [0.25, 0.3) is 5.91 Å². The number of H-pyrrole nitrogens is 1. The Morgan fingerprint density at radius 3 is 3.00 bits per heavy atom. The Kier molecular flexibility index (Phi) is 3.27. The lowest BCUT2D eigenvalue weighted by Crippen LogP contribution is -2.31. The molecular formula is C12H19N5O. The molecule has 1 aliphatic carbocycles. The third-order valence-electron chi connectivity index (χ3n) is 3.61. The highest BCUT2D eigenvalue weighted by atomic mass is 16.2. The zero-order valence-corrected chi connectivity index (χ0v) is 10.4. The summed E-state index contributed by atoms with van der Waals surface area (Å²) in [6, 6.07) is 0.555. The third-order valence-corrected chi connectivity index (χ3v) is 3.61. The molecule has 3 rings (SSSR count). The first-order valence-electron chi connectivity index (χ1n) is 6.77. The summed E-state index contributed by atoms with van der Waals surface area (Å²) in [6.45, 7) is 1.79. The highest BCUT2D eigenvalue weighted by Gasteiger charge is 2.28. The fourth-order valence-electron chi connectivity index (χ4n) is 2.36. The monoisotopic (exact) mass is 249 g/mol. The Labute approximate surface area is 106 Å². The number of nitrogens with zero attached hydrogens (tertiary/aromatic N) is 2. The number of hydrogen-bond donors (Lipinski definition) is 3. The lowest BCUT2D eigenvalue weighted by molar-refractivity contribution is 0.0942. The molecule has 0 aromatic carbocycles. The van der Waals surface area contributed by atoms with E-state index in [4.69, 9.17) is 0 Å². The molecule has 0 radical (unpaired) electrons. The Morgan fingerprint density at radius 2 is 2.28 bits per heavy atom. The molecule has 0 unspecified atom stereocenters. The minimum Gasteiger partial charge on any atom is -0.349 e. The summed E-state index contributed by atoms with van der Waals surface area (Å²) in [5, 5.41) is 13.1. The lowest BCUT2D eigenvalue weighted by atomic mass is 10.1. The first kappa shape index (κ1) is 11.6. The largest absolute Gasteiger partial charge is 0.349 e. The molecule has 1 atom stereocenters. The second kappa shape index (κ2) is 5.06. The van der Waals surface area contributed by atoms with Gasteiger partial charge in [-0.05, 0) is 38.6 Å². The molecule has 1 amide bonds. The number of nitrogens with one attached hydrogen (secondary N) is 3. The Balaban J connectivity index is 1.44. The van der Waals surface area contributed by atoms with Crippen molar-refractivity contribution in [3.8, 4) is 0 Å². The fraction of sp³-hybridized carbons (Fsp3) is 0.750. The number of aromatic amines is 1.